The molecule has 0 aliphatic carbocycles. The van der Waals surface area contributed by atoms with Gasteiger partial charge in [-0.25, -0.2) is 0 Å². The third-order valence-corrected chi connectivity index (χ3v) is 4.12. The van der Waals surface area contributed by atoms with Crippen molar-refractivity contribution in [3.63, 3.8) is 0 Å². The standard InChI is InChI=1S/C17H18ClNO/c18-15-6-3-5-14(12-15)17(20)9-11-19-10-8-13-4-1-2-7-16(13)19/h1-7,12,17,20H,8-11H2. The van der Waals surface area contributed by atoms with Crippen LogP contribution in [-0.2, 0) is 6.42 Å². The molecule has 0 saturated carbocycles. The van der Waals surface area contributed by atoms with E-state index in [9.17, 15) is 5.11 Å². The van der Waals surface area contributed by atoms with Crippen LogP contribution in [0.4, 0.5) is 5.69 Å². The number of hydrogen-bond acceptors (Lipinski definition) is 2. The van der Waals surface area contributed by atoms with Crippen LogP contribution >= 0.6 is 11.6 Å². The van der Waals surface area contributed by atoms with Crippen LogP contribution in [0.15, 0.2) is 48.5 Å². The van der Waals surface area contributed by atoms with Crippen LogP contribution in [0.5, 0.6) is 0 Å². The zero-order chi connectivity index (χ0) is 13.9. The van der Waals surface area contributed by atoms with E-state index in [1.54, 1.807) is 0 Å². The minimum Gasteiger partial charge on any atom is -0.388 e. The fraction of sp³-hybridized carbons (Fsp3) is 0.294. The summed E-state index contributed by atoms with van der Waals surface area (Å²) in [5.41, 5.74) is 3.61. The highest BCUT2D eigenvalue weighted by atomic mass is 35.5. The molecule has 2 nitrogen and oxygen atoms in total. The summed E-state index contributed by atoms with van der Waals surface area (Å²) in [6, 6.07) is 16.0. The van der Waals surface area contributed by atoms with E-state index in [0.29, 0.717) is 11.4 Å². The van der Waals surface area contributed by atoms with Crippen LogP contribution in [0.3, 0.4) is 0 Å². The molecular weight excluding hydrogens is 270 g/mol. The van der Waals surface area contributed by atoms with Gasteiger partial charge in [-0.05, 0) is 42.2 Å². The largest absolute Gasteiger partial charge is 0.388 e. The van der Waals surface area contributed by atoms with Gasteiger partial charge in [-0.3, -0.25) is 0 Å². The number of anilines is 1. The maximum Gasteiger partial charge on any atom is 0.0807 e. The third kappa shape index (κ3) is 2.82. The van der Waals surface area contributed by atoms with Gasteiger partial charge >= 0.3 is 0 Å². The number of aliphatic hydroxyl groups excluding tert-OH is 1. The Morgan fingerprint density at radius 2 is 2.00 bits per heavy atom. The number of fused-ring (bicyclic) bond motifs is 1. The molecule has 1 N–H and O–H groups in total. The molecule has 2 aromatic rings. The predicted octanol–water partition coefficient (Wildman–Crippen LogP) is 3.83. The van der Waals surface area contributed by atoms with Crippen molar-refractivity contribution in [1.29, 1.82) is 0 Å². The van der Waals surface area contributed by atoms with Gasteiger partial charge in [0.25, 0.3) is 0 Å². The number of nitrogens with zero attached hydrogens (tertiary/aromatic N) is 1. The third-order valence-electron chi connectivity index (χ3n) is 3.89. The molecule has 104 valence electrons. The monoisotopic (exact) mass is 287 g/mol. The number of para-hydroxylation sites is 1. The first-order valence-corrected chi connectivity index (χ1v) is 7.38. The molecular formula is C17H18ClNO. The lowest BCUT2D eigenvalue weighted by atomic mass is 10.1. The molecule has 1 atom stereocenters. The van der Waals surface area contributed by atoms with Crippen molar-refractivity contribution in [2.24, 2.45) is 0 Å². The molecule has 3 heteroatoms. The summed E-state index contributed by atoms with van der Waals surface area (Å²) in [7, 11) is 0. The zero-order valence-electron chi connectivity index (χ0n) is 11.3. The fourth-order valence-electron chi connectivity index (χ4n) is 2.80. The average molecular weight is 288 g/mol. The van der Waals surface area contributed by atoms with Gasteiger partial charge in [-0.1, -0.05) is 41.9 Å². The van der Waals surface area contributed by atoms with Gasteiger partial charge < -0.3 is 10.0 Å². The van der Waals surface area contributed by atoms with Gasteiger partial charge in [-0.2, -0.15) is 0 Å². The highest BCUT2D eigenvalue weighted by Crippen LogP contribution is 2.29. The van der Waals surface area contributed by atoms with Crippen LogP contribution in [0, 0.1) is 0 Å². The van der Waals surface area contributed by atoms with E-state index in [1.165, 1.54) is 11.3 Å². The summed E-state index contributed by atoms with van der Waals surface area (Å²) in [6.45, 7) is 1.91. The summed E-state index contributed by atoms with van der Waals surface area (Å²) < 4.78 is 0. The average Bonchev–Trinajstić information content (AvgIpc) is 2.88. The number of halogens is 1. The molecule has 1 heterocycles. The van der Waals surface area contributed by atoms with Gasteiger partial charge in [0.1, 0.15) is 0 Å². The van der Waals surface area contributed by atoms with Crippen molar-refractivity contribution in [2.75, 3.05) is 18.0 Å². The Hall–Kier alpha value is -1.51. The Morgan fingerprint density at radius 3 is 2.85 bits per heavy atom. The van der Waals surface area contributed by atoms with Crippen molar-refractivity contribution < 1.29 is 5.11 Å². The lowest BCUT2D eigenvalue weighted by molar-refractivity contribution is 0.169. The van der Waals surface area contributed by atoms with Gasteiger partial charge in [-0.15, -0.1) is 0 Å². The van der Waals surface area contributed by atoms with E-state index in [-0.39, 0.29) is 0 Å². The first-order chi connectivity index (χ1) is 9.74. The van der Waals surface area contributed by atoms with Gasteiger partial charge in [0, 0.05) is 23.8 Å². The summed E-state index contributed by atoms with van der Waals surface area (Å²) in [5, 5.41) is 10.9. The minimum atomic E-state index is -0.457. The Balaban J connectivity index is 1.63. The molecule has 0 spiro atoms. The normalized spacial score (nSPS) is 15.2. The number of benzene rings is 2. The number of aliphatic hydroxyl groups is 1. The molecule has 0 bridgehead atoms. The van der Waals surface area contributed by atoms with E-state index >= 15 is 0 Å². The van der Waals surface area contributed by atoms with Crippen molar-refractivity contribution in [3.05, 3.63) is 64.7 Å². The van der Waals surface area contributed by atoms with Crippen molar-refractivity contribution >= 4 is 17.3 Å². The molecule has 0 saturated heterocycles. The molecule has 0 radical (unpaired) electrons. The first-order valence-electron chi connectivity index (χ1n) is 7.00. The second kappa shape index (κ2) is 5.86. The summed E-state index contributed by atoms with van der Waals surface area (Å²) in [5.74, 6) is 0. The maximum absolute atomic E-state index is 10.3. The number of hydrogen-bond donors (Lipinski definition) is 1. The lowest BCUT2D eigenvalue weighted by Gasteiger charge is -2.21. The van der Waals surface area contributed by atoms with Crippen molar-refractivity contribution in [1.82, 2.24) is 0 Å². The molecule has 1 unspecified atom stereocenters. The molecule has 1 aliphatic rings. The molecule has 0 aromatic heterocycles. The smallest absolute Gasteiger partial charge is 0.0807 e. The number of rotatable bonds is 4. The Bertz CT molecular complexity index is 599. The maximum atomic E-state index is 10.3. The van der Waals surface area contributed by atoms with E-state index in [0.717, 1.165) is 25.1 Å². The molecule has 0 amide bonds. The van der Waals surface area contributed by atoms with Crippen LogP contribution in [-0.4, -0.2) is 18.2 Å². The Morgan fingerprint density at radius 1 is 1.15 bits per heavy atom. The molecule has 0 fully saturated rings. The van der Waals surface area contributed by atoms with E-state index < -0.39 is 6.10 Å². The van der Waals surface area contributed by atoms with Crippen LogP contribution in [0.1, 0.15) is 23.7 Å². The minimum absolute atomic E-state index is 0.457. The lowest BCUT2D eigenvalue weighted by Crippen LogP contribution is -2.23. The molecule has 3 rings (SSSR count). The molecule has 20 heavy (non-hydrogen) atoms. The summed E-state index contributed by atoms with van der Waals surface area (Å²) in [4.78, 5) is 2.35. The van der Waals surface area contributed by atoms with E-state index in [4.69, 9.17) is 11.6 Å². The van der Waals surface area contributed by atoms with Gasteiger partial charge in [0.15, 0.2) is 0 Å². The van der Waals surface area contributed by atoms with Gasteiger partial charge in [0.05, 0.1) is 6.10 Å². The fourth-order valence-corrected chi connectivity index (χ4v) is 3.00. The second-order valence-corrected chi connectivity index (χ2v) is 5.66. The van der Waals surface area contributed by atoms with Crippen LogP contribution in [0.25, 0.3) is 0 Å². The molecule has 2 aromatic carbocycles. The van der Waals surface area contributed by atoms with Crippen molar-refractivity contribution in [3.8, 4) is 0 Å². The van der Waals surface area contributed by atoms with Crippen LogP contribution in [0.2, 0.25) is 5.02 Å². The van der Waals surface area contributed by atoms with E-state index in [1.807, 2.05) is 24.3 Å². The zero-order valence-corrected chi connectivity index (χ0v) is 12.1. The Labute approximate surface area is 124 Å². The quantitative estimate of drug-likeness (QED) is 0.924. The van der Waals surface area contributed by atoms with Crippen LogP contribution < -0.4 is 4.90 Å². The highest BCUT2D eigenvalue weighted by molar-refractivity contribution is 6.30. The summed E-state index contributed by atoms with van der Waals surface area (Å²) in [6.07, 6.45) is 1.36. The highest BCUT2D eigenvalue weighted by Gasteiger charge is 2.19. The SMILES string of the molecule is OC(CCN1CCc2ccccc21)c1cccc(Cl)c1. The topological polar surface area (TPSA) is 23.5 Å². The molecule has 1 aliphatic heterocycles. The predicted molar refractivity (Wildman–Crippen MR) is 83.4 cm³/mol. The first kappa shape index (κ1) is 13.5. The summed E-state index contributed by atoms with van der Waals surface area (Å²) >= 11 is 5.96. The van der Waals surface area contributed by atoms with Gasteiger partial charge in [0.2, 0.25) is 0 Å². The van der Waals surface area contributed by atoms with Crippen molar-refractivity contribution in [2.45, 2.75) is 18.9 Å². The second-order valence-electron chi connectivity index (χ2n) is 5.23. The Kier molecular flexibility index (Phi) is 3.95. The van der Waals surface area contributed by atoms with E-state index in [2.05, 4.69) is 29.2 Å².